The Morgan fingerprint density at radius 2 is 2.00 bits per heavy atom. The van der Waals surface area contributed by atoms with Gasteiger partial charge in [0.1, 0.15) is 0 Å². The third-order valence-electron chi connectivity index (χ3n) is 3.51. The molecule has 2 atom stereocenters. The maximum atomic E-state index is 5.90. The number of piperidine rings is 2. The molecule has 15 heavy (non-hydrogen) atoms. The number of fused-ring (bicyclic) bond motifs is 3. The lowest BCUT2D eigenvalue weighted by molar-refractivity contribution is 0.290. The molecule has 1 N–H and O–H groups in total. The van der Waals surface area contributed by atoms with Crippen LogP contribution in [0, 0.1) is 0 Å². The first-order chi connectivity index (χ1) is 7.33. The SMILES string of the molecule is Clc1ccc(N2CC3CCC2CN3)cc1. The molecule has 1 aromatic carbocycles. The van der Waals surface area contributed by atoms with Gasteiger partial charge in [-0.2, -0.15) is 0 Å². The molecule has 1 aromatic rings. The van der Waals surface area contributed by atoms with Crippen LogP contribution in [-0.2, 0) is 0 Å². The van der Waals surface area contributed by atoms with Gasteiger partial charge >= 0.3 is 0 Å². The van der Waals surface area contributed by atoms with E-state index in [9.17, 15) is 0 Å². The minimum Gasteiger partial charge on any atom is -0.366 e. The van der Waals surface area contributed by atoms with Gasteiger partial charge in [-0.1, -0.05) is 11.6 Å². The Morgan fingerprint density at radius 3 is 2.53 bits per heavy atom. The van der Waals surface area contributed by atoms with Gasteiger partial charge in [-0.05, 0) is 37.1 Å². The van der Waals surface area contributed by atoms with Crippen LogP contribution >= 0.6 is 11.6 Å². The summed E-state index contributed by atoms with van der Waals surface area (Å²) in [7, 11) is 0. The lowest BCUT2D eigenvalue weighted by Gasteiger charge is -2.47. The zero-order valence-electron chi connectivity index (χ0n) is 8.62. The summed E-state index contributed by atoms with van der Waals surface area (Å²) in [6.45, 7) is 2.28. The Labute approximate surface area is 95.2 Å². The van der Waals surface area contributed by atoms with Crippen molar-refractivity contribution in [2.24, 2.45) is 0 Å². The summed E-state index contributed by atoms with van der Waals surface area (Å²) in [4.78, 5) is 2.51. The number of rotatable bonds is 1. The molecule has 0 spiro atoms. The van der Waals surface area contributed by atoms with Crippen molar-refractivity contribution in [3.8, 4) is 0 Å². The summed E-state index contributed by atoms with van der Waals surface area (Å²) in [6.07, 6.45) is 2.65. The Kier molecular flexibility index (Phi) is 2.33. The van der Waals surface area contributed by atoms with Crippen LogP contribution < -0.4 is 10.2 Å². The molecule has 0 saturated carbocycles. The molecule has 2 unspecified atom stereocenters. The molecule has 0 radical (unpaired) electrons. The van der Waals surface area contributed by atoms with E-state index in [1.54, 1.807) is 0 Å². The van der Waals surface area contributed by atoms with E-state index in [1.165, 1.54) is 18.5 Å². The molecule has 2 bridgehead atoms. The van der Waals surface area contributed by atoms with Crippen LogP contribution in [0.4, 0.5) is 5.69 Å². The third kappa shape index (κ3) is 1.72. The van der Waals surface area contributed by atoms with Crippen LogP contribution in [0.15, 0.2) is 24.3 Å². The summed E-state index contributed by atoms with van der Waals surface area (Å²) >= 11 is 5.90. The average Bonchev–Trinajstić information content (AvgIpc) is 2.31. The van der Waals surface area contributed by atoms with Crippen LogP contribution in [0.5, 0.6) is 0 Å². The number of piperazine rings is 1. The molecule has 2 nitrogen and oxygen atoms in total. The summed E-state index contributed by atoms with van der Waals surface area (Å²) in [5.41, 5.74) is 1.32. The second-order valence-corrected chi connectivity index (χ2v) is 4.90. The fourth-order valence-electron chi connectivity index (χ4n) is 2.66. The highest BCUT2D eigenvalue weighted by Crippen LogP contribution is 2.28. The van der Waals surface area contributed by atoms with Crippen molar-refractivity contribution in [1.82, 2.24) is 5.32 Å². The Hall–Kier alpha value is -0.730. The van der Waals surface area contributed by atoms with Gasteiger partial charge in [0.15, 0.2) is 0 Å². The van der Waals surface area contributed by atoms with Gasteiger partial charge in [0.2, 0.25) is 0 Å². The molecular weight excluding hydrogens is 208 g/mol. The van der Waals surface area contributed by atoms with Gasteiger partial charge in [-0.25, -0.2) is 0 Å². The van der Waals surface area contributed by atoms with Crippen molar-refractivity contribution in [1.29, 1.82) is 0 Å². The van der Waals surface area contributed by atoms with Crippen LogP contribution in [0.25, 0.3) is 0 Å². The summed E-state index contributed by atoms with van der Waals surface area (Å²) in [6, 6.07) is 9.58. The lowest BCUT2D eigenvalue weighted by atomic mass is 9.92. The number of halogens is 1. The molecule has 3 heterocycles. The second kappa shape index (κ2) is 3.69. The Morgan fingerprint density at radius 1 is 1.20 bits per heavy atom. The summed E-state index contributed by atoms with van der Waals surface area (Å²) in [5, 5.41) is 4.38. The second-order valence-electron chi connectivity index (χ2n) is 4.47. The molecule has 0 amide bonds. The molecule has 3 fully saturated rings. The van der Waals surface area contributed by atoms with Crippen molar-refractivity contribution < 1.29 is 0 Å². The first kappa shape index (κ1) is 9.49. The fraction of sp³-hybridized carbons (Fsp3) is 0.500. The number of anilines is 1. The summed E-state index contributed by atoms with van der Waals surface area (Å²) in [5.74, 6) is 0. The van der Waals surface area contributed by atoms with Crippen LogP contribution in [0.3, 0.4) is 0 Å². The van der Waals surface area contributed by atoms with E-state index in [0.29, 0.717) is 12.1 Å². The van der Waals surface area contributed by atoms with E-state index < -0.39 is 0 Å². The quantitative estimate of drug-likeness (QED) is 0.785. The standard InChI is InChI=1S/C12H15ClN2/c13-9-1-4-11(5-2-9)15-8-10-3-6-12(15)7-14-10/h1-2,4-5,10,12,14H,3,6-8H2. The lowest BCUT2D eigenvalue weighted by Crippen LogP contribution is -2.61. The van der Waals surface area contributed by atoms with E-state index in [1.807, 2.05) is 12.1 Å². The van der Waals surface area contributed by atoms with E-state index in [2.05, 4.69) is 22.3 Å². The molecule has 3 aliphatic heterocycles. The van der Waals surface area contributed by atoms with Crippen molar-refractivity contribution in [3.63, 3.8) is 0 Å². The molecule has 0 aromatic heterocycles. The minimum absolute atomic E-state index is 0.677. The van der Waals surface area contributed by atoms with Crippen molar-refractivity contribution >= 4 is 17.3 Å². The first-order valence-electron chi connectivity index (χ1n) is 5.58. The van der Waals surface area contributed by atoms with Gasteiger partial charge < -0.3 is 10.2 Å². The largest absolute Gasteiger partial charge is 0.366 e. The number of hydrogen-bond acceptors (Lipinski definition) is 2. The smallest absolute Gasteiger partial charge is 0.0415 e. The number of nitrogens with zero attached hydrogens (tertiary/aromatic N) is 1. The molecule has 0 aliphatic carbocycles. The Bertz CT molecular complexity index is 341. The normalized spacial score (nSPS) is 29.5. The molecule has 3 saturated heterocycles. The summed E-state index contributed by atoms with van der Waals surface area (Å²) < 4.78 is 0. The molecular formula is C12H15ClN2. The topological polar surface area (TPSA) is 15.3 Å². The average molecular weight is 223 g/mol. The Balaban J connectivity index is 1.85. The van der Waals surface area contributed by atoms with E-state index in [0.717, 1.165) is 18.1 Å². The van der Waals surface area contributed by atoms with Gasteiger partial charge in [0.05, 0.1) is 0 Å². The monoisotopic (exact) mass is 222 g/mol. The number of nitrogens with one attached hydrogen (secondary N) is 1. The van der Waals surface area contributed by atoms with Crippen LogP contribution in [-0.4, -0.2) is 25.2 Å². The van der Waals surface area contributed by atoms with Crippen molar-refractivity contribution in [2.45, 2.75) is 24.9 Å². The number of hydrogen-bond donors (Lipinski definition) is 1. The maximum Gasteiger partial charge on any atom is 0.0415 e. The zero-order valence-corrected chi connectivity index (χ0v) is 9.37. The van der Waals surface area contributed by atoms with Gasteiger partial charge in [0.25, 0.3) is 0 Å². The van der Waals surface area contributed by atoms with E-state index >= 15 is 0 Å². The minimum atomic E-state index is 0.677. The van der Waals surface area contributed by atoms with Gasteiger partial charge in [-0.3, -0.25) is 0 Å². The first-order valence-corrected chi connectivity index (χ1v) is 5.96. The van der Waals surface area contributed by atoms with Crippen molar-refractivity contribution in [3.05, 3.63) is 29.3 Å². The van der Waals surface area contributed by atoms with Crippen LogP contribution in [0.1, 0.15) is 12.8 Å². The van der Waals surface area contributed by atoms with Crippen LogP contribution in [0.2, 0.25) is 5.02 Å². The zero-order chi connectivity index (χ0) is 10.3. The van der Waals surface area contributed by atoms with E-state index in [-0.39, 0.29) is 0 Å². The highest BCUT2D eigenvalue weighted by Gasteiger charge is 2.33. The maximum absolute atomic E-state index is 5.90. The molecule has 3 aliphatic rings. The van der Waals surface area contributed by atoms with Crippen molar-refractivity contribution in [2.75, 3.05) is 18.0 Å². The predicted octanol–water partition coefficient (Wildman–Crippen LogP) is 2.28. The highest BCUT2D eigenvalue weighted by molar-refractivity contribution is 6.30. The predicted molar refractivity (Wildman–Crippen MR) is 63.6 cm³/mol. The fourth-order valence-corrected chi connectivity index (χ4v) is 2.78. The van der Waals surface area contributed by atoms with E-state index in [4.69, 9.17) is 11.6 Å². The molecule has 80 valence electrons. The third-order valence-corrected chi connectivity index (χ3v) is 3.76. The molecule has 3 heteroatoms. The van der Waals surface area contributed by atoms with Gasteiger partial charge in [-0.15, -0.1) is 0 Å². The highest BCUT2D eigenvalue weighted by atomic mass is 35.5. The molecule has 4 rings (SSSR count). The number of benzene rings is 1. The van der Waals surface area contributed by atoms with Gasteiger partial charge in [0, 0.05) is 35.9 Å².